The Balaban J connectivity index is 1.52. The number of rotatable bonds is 7. The van der Waals surface area contributed by atoms with Gasteiger partial charge >= 0.3 is 6.03 Å². The number of amides is 2. The van der Waals surface area contributed by atoms with Gasteiger partial charge in [-0.3, -0.25) is 9.36 Å². The van der Waals surface area contributed by atoms with Gasteiger partial charge in [0, 0.05) is 46.4 Å². The molecule has 2 amide bonds. The van der Waals surface area contributed by atoms with Crippen molar-refractivity contribution in [2.75, 3.05) is 51.3 Å². The maximum atomic E-state index is 13.5. The zero-order valence-corrected chi connectivity index (χ0v) is 18.4. The predicted octanol–water partition coefficient (Wildman–Crippen LogP) is 2.31. The van der Waals surface area contributed by atoms with Crippen molar-refractivity contribution >= 4 is 22.9 Å². The van der Waals surface area contributed by atoms with E-state index in [0.29, 0.717) is 51.7 Å². The number of urea groups is 1. The number of carbonyl (C=O) groups excluding carboxylic acids is 1. The first kappa shape index (κ1) is 21.8. The minimum atomic E-state index is -0.106. The van der Waals surface area contributed by atoms with Crippen LogP contribution in [-0.2, 0) is 11.3 Å². The van der Waals surface area contributed by atoms with E-state index in [1.807, 2.05) is 59.5 Å². The molecule has 0 unspecified atom stereocenters. The van der Waals surface area contributed by atoms with E-state index in [2.05, 4.69) is 5.32 Å². The fourth-order valence-corrected chi connectivity index (χ4v) is 3.95. The molecule has 1 aliphatic rings. The van der Waals surface area contributed by atoms with Crippen LogP contribution in [0.2, 0.25) is 0 Å². The van der Waals surface area contributed by atoms with Crippen molar-refractivity contribution in [2.45, 2.75) is 13.0 Å². The summed E-state index contributed by atoms with van der Waals surface area (Å²) in [7, 11) is 1.65. The summed E-state index contributed by atoms with van der Waals surface area (Å²) in [5.41, 5.74) is 2.56. The molecule has 32 heavy (non-hydrogen) atoms. The standard InChI is InChI=1S/C24H29N5O3/c1-32-17-7-12-25-24(31)28-15-13-27(14-16-28)22-23(30)29(18-19-8-3-2-4-9-19)21-11-6-5-10-20(21)26-22/h2-6,8-11H,7,12-18H2,1H3,(H,25,31). The second-order valence-corrected chi connectivity index (χ2v) is 7.85. The number of benzene rings is 2. The van der Waals surface area contributed by atoms with E-state index in [4.69, 9.17) is 9.72 Å². The Bertz CT molecular complexity index is 1110. The summed E-state index contributed by atoms with van der Waals surface area (Å²) in [6, 6.07) is 17.6. The average Bonchev–Trinajstić information content (AvgIpc) is 2.84. The third kappa shape index (κ3) is 4.91. The Labute approximate surface area is 187 Å². The summed E-state index contributed by atoms with van der Waals surface area (Å²) in [6.07, 6.45) is 0.782. The molecule has 0 aliphatic carbocycles. The first-order valence-electron chi connectivity index (χ1n) is 11.0. The number of methoxy groups -OCH3 is 1. The molecule has 1 saturated heterocycles. The monoisotopic (exact) mass is 435 g/mol. The summed E-state index contributed by atoms with van der Waals surface area (Å²) in [5.74, 6) is 0.444. The van der Waals surface area contributed by atoms with Crippen LogP contribution in [0.25, 0.3) is 11.0 Å². The topological polar surface area (TPSA) is 79.7 Å². The molecule has 0 bridgehead atoms. The molecule has 0 radical (unpaired) electrons. The highest BCUT2D eigenvalue weighted by atomic mass is 16.5. The van der Waals surface area contributed by atoms with Crippen LogP contribution in [0.15, 0.2) is 59.4 Å². The number of carbonyl (C=O) groups is 1. The number of nitrogens with one attached hydrogen (secondary N) is 1. The molecule has 0 spiro atoms. The number of anilines is 1. The average molecular weight is 436 g/mol. The van der Waals surface area contributed by atoms with Gasteiger partial charge in [0.25, 0.3) is 5.56 Å². The van der Waals surface area contributed by atoms with Crippen LogP contribution in [0.1, 0.15) is 12.0 Å². The van der Waals surface area contributed by atoms with E-state index in [1.54, 1.807) is 16.6 Å². The maximum absolute atomic E-state index is 13.5. The summed E-state index contributed by atoms with van der Waals surface area (Å²) >= 11 is 0. The normalized spacial score (nSPS) is 14.0. The van der Waals surface area contributed by atoms with Gasteiger partial charge in [-0.1, -0.05) is 42.5 Å². The number of nitrogens with zero attached hydrogens (tertiary/aromatic N) is 4. The summed E-state index contributed by atoms with van der Waals surface area (Å²) in [6.45, 7) is 3.92. The first-order valence-corrected chi connectivity index (χ1v) is 11.0. The van der Waals surface area contributed by atoms with Crippen LogP contribution < -0.4 is 15.8 Å². The Kier molecular flexibility index (Phi) is 7.01. The van der Waals surface area contributed by atoms with Gasteiger partial charge in [0.05, 0.1) is 17.6 Å². The van der Waals surface area contributed by atoms with Crippen LogP contribution >= 0.6 is 0 Å². The number of fused-ring (bicyclic) bond motifs is 1. The quantitative estimate of drug-likeness (QED) is 0.576. The van der Waals surface area contributed by atoms with Crippen LogP contribution in [0, 0.1) is 0 Å². The fourth-order valence-electron chi connectivity index (χ4n) is 3.95. The van der Waals surface area contributed by atoms with Crippen molar-refractivity contribution in [1.82, 2.24) is 19.8 Å². The molecule has 0 saturated carbocycles. The van der Waals surface area contributed by atoms with E-state index < -0.39 is 0 Å². The van der Waals surface area contributed by atoms with Gasteiger partial charge in [-0.15, -0.1) is 0 Å². The third-order valence-electron chi connectivity index (χ3n) is 5.69. The number of hydrogen-bond donors (Lipinski definition) is 1. The summed E-state index contributed by atoms with van der Waals surface area (Å²) < 4.78 is 6.80. The Morgan fingerprint density at radius 2 is 1.75 bits per heavy atom. The molecular formula is C24H29N5O3. The molecule has 1 N–H and O–H groups in total. The number of ether oxygens (including phenoxy) is 1. The smallest absolute Gasteiger partial charge is 0.317 e. The zero-order chi connectivity index (χ0) is 22.3. The molecule has 3 aromatic rings. The van der Waals surface area contributed by atoms with E-state index in [-0.39, 0.29) is 11.6 Å². The highest BCUT2D eigenvalue weighted by Crippen LogP contribution is 2.17. The zero-order valence-electron chi connectivity index (χ0n) is 18.4. The minimum Gasteiger partial charge on any atom is -0.385 e. The van der Waals surface area contributed by atoms with E-state index >= 15 is 0 Å². The molecule has 8 heteroatoms. The molecule has 1 aromatic heterocycles. The second kappa shape index (κ2) is 10.3. The van der Waals surface area contributed by atoms with Crippen LogP contribution in [0.5, 0.6) is 0 Å². The van der Waals surface area contributed by atoms with Crippen molar-refractivity contribution < 1.29 is 9.53 Å². The van der Waals surface area contributed by atoms with E-state index in [0.717, 1.165) is 23.0 Å². The minimum absolute atomic E-state index is 0.0753. The molecule has 168 valence electrons. The predicted molar refractivity (Wildman–Crippen MR) is 125 cm³/mol. The van der Waals surface area contributed by atoms with E-state index in [1.165, 1.54) is 0 Å². The van der Waals surface area contributed by atoms with Gasteiger partial charge in [-0.05, 0) is 24.1 Å². The van der Waals surface area contributed by atoms with Gasteiger partial charge < -0.3 is 19.9 Å². The SMILES string of the molecule is COCCCNC(=O)N1CCN(c2nc3ccccc3n(Cc3ccccc3)c2=O)CC1. The summed E-state index contributed by atoms with van der Waals surface area (Å²) in [4.78, 5) is 34.3. The van der Waals surface area contributed by atoms with E-state index in [9.17, 15) is 9.59 Å². The Morgan fingerprint density at radius 3 is 2.50 bits per heavy atom. The summed E-state index contributed by atoms with van der Waals surface area (Å²) in [5, 5.41) is 2.92. The lowest BCUT2D eigenvalue weighted by molar-refractivity contribution is 0.183. The Morgan fingerprint density at radius 1 is 1.03 bits per heavy atom. The van der Waals surface area contributed by atoms with Gasteiger partial charge in [-0.25, -0.2) is 9.78 Å². The highest BCUT2D eigenvalue weighted by Gasteiger charge is 2.24. The fraction of sp³-hybridized carbons (Fsp3) is 0.375. The molecule has 1 aliphatic heterocycles. The van der Waals surface area contributed by atoms with Crippen molar-refractivity contribution in [3.05, 3.63) is 70.5 Å². The van der Waals surface area contributed by atoms with Crippen LogP contribution in [0.4, 0.5) is 10.6 Å². The van der Waals surface area contributed by atoms with Gasteiger partial charge in [0.15, 0.2) is 5.82 Å². The molecule has 4 rings (SSSR count). The number of para-hydroxylation sites is 2. The van der Waals surface area contributed by atoms with Gasteiger partial charge in [0.2, 0.25) is 0 Å². The van der Waals surface area contributed by atoms with Gasteiger partial charge in [-0.2, -0.15) is 0 Å². The largest absolute Gasteiger partial charge is 0.385 e. The van der Waals surface area contributed by atoms with Crippen molar-refractivity contribution in [3.8, 4) is 0 Å². The van der Waals surface area contributed by atoms with Crippen molar-refractivity contribution in [3.63, 3.8) is 0 Å². The lowest BCUT2D eigenvalue weighted by Crippen LogP contribution is -2.53. The number of piperazine rings is 1. The molecule has 0 atom stereocenters. The highest BCUT2D eigenvalue weighted by molar-refractivity contribution is 5.77. The Hall–Kier alpha value is -3.39. The maximum Gasteiger partial charge on any atom is 0.317 e. The first-order chi connectivity index (χ1) is 15.7. The number of hydrogen-bond acceptors (Lipinski definition) is 5. The number of aromatic nitrogens is 2. The third-order valence-corrected chi connectivity index (χ3v) is 5.69. The molecule has 8 nitrogen and oxygen atoms in total. The van der Waals surface area contributed by atoms with Crippen molar-refractivity contribution in [1.29, 1.82) is 0 Å². The molecule has 2 aromatic carbocycles. The molecule has 1 fully saturated rings. The van der Waals surface area contributed by atoms with Crippen molar-refractivity contribution in [2.24, 2.45) is 0 Å². The van der Waals surface area contributed by atoms with Gasteiger partial charge in [0.1, 0.15) is 0 Å². The lowest BCUT2D eigenvalue weighted by atomic mass is 10.2. The van der Waals surface area contributed by atoms with Crippen LogP contribution in [0.3, 0.4) is 0 Å². The molecule has 2 heterocycles. The molecular weight excluding hydrogens is 406 g/mol. The van der Waals surface area contributed by atoms with Crippen LogP contribution in [-0.4, -0.2) is 66.9 Å². The second-order valence-electron chi connectivity index (χ2n) is 7.85. The lowest BCUT2D eigenvalue weighted by Gasteiger charge is -2.35.